The lowest BCUT2D eigenvalue weighted by molar-refractivity contribution is -0.137. The zero-order valence-corrected chi connectivity index (χ0v) is 17.5. The standard InChI is InChI=1S/C22H30N4O2/c1-12-17-15(22(17,5)6)11-26(12)20(28)18(21(2,3)4)24-19(27)13-7-8-16-14(9-13)10-23-25-16/h7-10,12,15,17-18H,11H2,1-6H3,(H,23,25)(H,24,27)/t12-,15+,17-,18-/m1/s1. The predicted molar refractivity (Wildman–Crippen MR) is 109 cm³/mol. The van der Waals surface area contributed by atoms with Crippen molar-refractivity contribution in [1.82, 2.24) is 20.4 Å². The lowest BCUT2D eigenvalue weighted by atomic mass is 9.85. The predicted octanol–water partition coefficient (Wildman–Crippen LogP) is 3.21. The summed E-state index contributed by atoms with van der Waals surface area (Å²) in [6.45, 7) is 13.5. The molecule has 6 heteroatoms. The molecule has 1 aliphatic carbocycles. The maximum atomic E-state index is 13.4. The number of rotatable bonds is 3. The van der Waals surface area contributed by atoms with Crippen molar-refractivity contribution in [2.75, 3.05) is 6.54 Å². The quantitative estimate of drug-likeness (QED) is 0.856. The molecule has 28 heavy (non-hydrogen) atoms. The summed E-state index contributed by atoms with van der Waals surface area (Å²) >= 11 is 0. The van der Waals surface area contributed by atoms with Crippen molar-refractivity contribution in [1.29, 1.82) is 0 Å². The number of hydrogen-bond donors (Lipinski definition) is 2. The van der Waals surface area contributed by atoms with Crippen molar-refractivity contribution in [2.45, 2.75) is 53.6 Å². The van der Waals surface area contributed by atoms with Gasteiger partial charge in [-0.3, -0.25) is 14.7 Å². The highest BCUT2D eigenvalue weighted by Gasteiger charge is 2.66. The van der Waals surface area contributed by atoms with Crippen LogP contribution in [0.1, 0.15) is 51.9 Å². The molecule has 2 heterocycles. The fourth-order valence-corrected chi connectivity index (χ4v) is 5.07. The summed E-state index contributed by atoms with van der Waals surface area (Å²) in [7, 11) is 0. The zero-order valence-electron chi connectivity index (χ0n) is 17.5. The van der Waals surface area contributed by atoms with Crippen LogP contribution < -0.4 is 5.32 Å². The first-order valence-electron chi connectivity index (χ1n) is 10.1. The van der Waals surface area contributed by atoms with Gasteiger partial charge in [0, 0.05) is 23.5 Å². The summed E-state index contributed by atoms with van der Waals surface area (Å²) in [6.07, 6.45) is 1.69. The lowest BCUT2D eigenvalue weighted by Gasteiger charge is -2.37. The molecular formula is C22H30N4O2. The topological polar surface area (TPSA) is 78.1 Å². The van der Waals surface area contributed by atoms with Crippen LogP contribution in [-0.4, -0.2) is 45.5 Å². The number of H-pyrrole nitrogens is 1. The molecule has 4 rings (SSSR count). The highest BCUT2D eigenvalue weighted by molar-refractivity contribution is 6.00. The Morgan fingerprint density at radius 1 is 1.32 bits per heavy atom. The van der Waals surface area contributed by atoms with Gasteiger partial charge in [0.15, 0.2) is 0 Å². The number of fused-ring (bicyclic) bond motifs is 2. The van der Waals surface area contributed by atoms with E-state index in [2.05, 4.69) is 36.3 Å². The summed E-state index contributed by atoms with van der Waals surface area (Å²) in [4.78, 5) is 28.3. The minimum Gasteiger partial charge on any atom is -0.340 e. The van der Waals surface area contributed by atoms with Crippen molar-refractivity contribution in [3.63, 3.8) is 0 Å². The molecule has 6 nitrogen and oxygen atoms in total. The highest BCUT2D eigenvalue weighted by atomic mass is 16.2. The Labute approximate surface area is 166 Å². The van der Waals surface area contributed by atoms with Crippen LogP contribution in [0.15, 0.2) is 24.4 Å². The maximum Gasteiger partial charge on any atom is 0.251 e. The van der Waals surface area contributed by atoms with E-state index in [9.17, 15) is 9.59 Å². The molecule has 1 saturated heterocycles. The van der Waals surface area contributed by atoms with E-state index in [1.165, 1.54) is 0 Å². The molecule has 0 unspecified atom stereocenters. The summed E-state index contributed by atoms with van der Waals surface area (Å²) in [5.74, 6) is 0.942. The Morgan fingerprint density at radius 2 is 2.04 bits per heavy atom. The Kier molecular flexibility index (Phi) is 4.11. The van der Waals surface area contributed by atoms with E-state index in [-0.39, 0.29) is 23.3 Å². The Balaban J connectivity index is 1.53. The number of amides is 2. The van der Waals surface area contributed by atoms with E-state index in [4.69, 9.17) is 0 Å². The second kappa shape index (κ2) is 6.06. The van der Waals surface area contributed by atoms with E-state index in [1.54, 1.807) is 18.3 Å². The second-order valence-corrected chi connectivity index (χ2v) is 10.1. The van der Waals surface area contributed by atoms with Gasteiger partial charge >= 0.3 is 0 Å². The Bertz CT molecular complexity index is 939. The smallest absolute Gasteiger partial charge is 0.251 e. The second-order valence-electron chi connectivity index (χ2n) is 10.1. The molecule has 2 N–H and O–H groups in total. The minimum absolute atomic E-state index is 0.0285. The normalized spacial score (nSPS) is 26.8. The number of likely N-dealkylation sites (tertiary alicyclic amines) is 1. The number of nitrogens with zero attached hydrogens (tertiary/aromatic N) is 2. The highest BCUT2D eigenvalue weighted by Crippen LogP contribution is 2.64. The third kappa shape index (κ3) is 2.90. The van der Waals surface area contributed by atoms with Crippen LogP contribution in [0, 0.1) is 22.7 Å². The monoisotopic (exact) mass is 382 g/mol. The van der Waals surface area contributed by atoms with Gasteiger partial charge in [-0.2, -0.15) is 5.10 Å². The average Bonchev–Trinajstić information content (AvgIpc) is 2.99. The van der Waals surface area contributed by atoms with Crippen LogP contribution in [0.4, 0.5) is 0 Å². The van der Waals surface area contributed by atoms with Gasteiger partial charge in [-0.1, -0.05) is 34.6 Å². The molecule has 150 valence electrons. The van der Waals surface area contributed by atoms with Gasteiger partial charge in [0.1, 0.15) is 6.04 Å². The van der Waals surface area contributed by atoms with Crippen molar-refractivity contribution in [2.24, 2.45) is 22.7 Å². The molecular weight excluding hydrogens is 352 g/mol. The van der Waals surface area contributed by atoms with Gasteiger partial charge in [0.05, 0.1) is 11.7 Å². The molecule has 1 saturated carbocycles. The average molecular weight is 383 g/mol. The number of benzene rings is 1. The summed E-state index contributed by atoms with van der Waals surface area (Å²) < 4.78 is 0. The molecule has 0 radical (unpaired) electrons. The van der Waals surface area contributed by atoms with Gasteiger partial charge in [-0.05, 0) is 47.8 Å². The number of piperidine rings is 1. The Morgan fingerprint density at radius 3 is 2.64 bits per heavy atom. The number of carbonyl (C=O) groups is 2. The Hall–Kier alpha value is -2.37. The lowest BCUT2D eigenvalue weighted by Crippen LogP contribution is -2.56. The van der Waals surface area contributed by atoms with Crippen LogP contribution in [0.3, 0.4) is 0 Å². The largest absolute Gasteiger partial charge is 0.340 e. The van der Waals surface area contributed by atoms with Crippen LogP contribution in [0.2, 0.25) is 0 Å². The third-order valence-corrected chi connectivity index (χ3v) is 6.92. The minimum atomic E-state index is -0.567. The SMILES string of the molecule is C[C@@H]1[C@@H]2[C@H](CN1C(=O)[C@@H](NC(=O)c1ccc3[nH]ncc3c1)C(C)(C)C)C2(C)C. The molecule has 1 aliphatic heterocycles. The first kappa shape index (κ1) is 19.0. The molecule has 2 fully saturated rings. The van der Waals surface area contributed by atoms with E-state index in [1.807, 2.05) is 31.7 Å². The fraction of sp³-hybridized carbons (Fsp3) is 0.591. The van der Waals surface area contributed by atoms with E-state index < -0.39 is 6.04 Å². The fourth-order valence-electron chi connectivity index (χ4n) is 5.07. The van der Waals surface area contributed by atoms with Crippen molar-refractivity contribution >= 4 is 22.7 Å². The summed E-state index contributed by atoms with van der Waals surface area (Å²) in [6, 6.07) is 5.05. The molecule has 4 atom stereocenters. The maximum absolute atomic E-state index is 13.4. The number of aromatic amines is 1. The van der Waals surface area contributed by atoms with Gasteiger partial charge in [0.25, 0.3) is 5.91 Å². The molecule has 2 aliphatic rings. The van der Waals surface area contributed by atoms with Gasteiger partial charge in [-0.25, -0.2) is 0 Å². The molecule has 2 amide bonds. The van der Waals surface area contributed by atoms with Crippen LogP contribution in [0.25, 0.3) is 10.9 Å². The van der Waals surface area contributed by atoms with E-state index in [0.29, 0.717) is 22.8 Å². The molecule has 0 spiro atoms. The number of nitrogens with one attached hydrogen (secondary N) is 2. The van der Waals surface area contributed by atoms with E-state index in [0.717, 1.165) is 17.4 Å². The first-order chi connectivity index (χ1) is 13.0. The number of carbonyl (C=O) groups excluding carboxylic acids is 2. The summed E-state index contributed by atoms with van der Waals surface area (Å²) in [5.41, 5.74) is 1.37. The molecule has 2 aromatic rings. The van der Waals surface area contributed by atoms with Crippen LogP contribution in [0.5, 0.6) is 0 Å². The van der Waals surface area contributed by atoms with Crippen molar-refractivity contribution < 1.29 is 9.59 Å². The summed E-state index contributed by atoms with van der Waals surface area (Å²) in [5, 5.41) is 10.8. The van der Waals surface area contributed by atoms with Crippen molar-refractivity contribution in [3.05, 3.63) is 30.0 Å². The zero-order chi connectivity index (χ0) is 20.4. The van der Waals surface area contributed by atoms with E-state index >= 15 is 0 Å². The van der Waals surface area contributed by atoms with Gasteiger partial charge in [-0.15, -0.1) is 0 Å². The number of aromatic nitrogens is 2. The molecule has 0 bridgehead atoms. The van der Waals surface area contributed by atoms with Gasteiger partial charge in [0.2, 0.25) is 5.91 Å². The number of hydrogen-bond acceptors (Lipinski definition) is 3. The van der Waals surface area contributed by atoms with Crippen LogP contribution in [-0.2, 0) is 4.79 Å². The van der Waals surface area contributed by atoms with Crippen LogP contribution >= 0.6 is 0 Å². The van der Waals surface area contributed by atoms with Crippen molar-refractivity contribution in [3.8, 4) is 0 Å². The first-order valence-corrected chi connectivity index (χ1v) is 10.1. The van der Waals surface area contributed by atoms with Gasteiger partial charge < -0.3 is 10.2 Å². The molecule has 1 aromatic heterocycles. The third-order valence-electron chi connectivity index (χ3n) is 6.92. The molecule has 1 aromatic carbocycles.